The van der Waals surface area contributed by atoms with Crippen LogP contribution in [-0.2, 0) is 6.54 Å². The number of carbonyl (C=O) groups is 1. The maximum atomic E-state index is 12.2. The summed E-state index contributed by atoms with van der Waals surface area (Å²) in [6, 6.07) is 15.1. The van der Waals surface area contributed by atoms with Gasteiger partial charge in [-0.05, 0) is 35.9 Å². The molecule has 19 heavy (non-hydrogen) atoms. The number of benzene rings is 2. The molecule has 1 heterocycles. The van der Waals surface area contributed by atoms with Crippen LogP contribution in [0.1, 0.15) is 15.9 Å². The summed E-state index contributed by atoms with van der Waals surface area (Å²) in [5.74, 6) is 0.799. The lowest BCUT2D eigenvalue weighted by Gasteiger charge is -2.18. The molecular formula is C15H14N2O2. The first-order chi connectivity index (χ1) is 9.28. The molecule has 3 rings (SSSR count). The third kappa shape index (κ3) is 2.12. The molecule has 0 unspecified atom stereocenters. The number of rotatable bonds is 3. The zero-order valence-corrected chi connectivity index (χ0v) is 10.6. The maximum absolute atomic E-state index is 12.2. The number of carbonyl (C=O) groups excluding carboxylic acids is 1. The van der Waals surface area contributed by atoms with Gasteiger partial charge in [-0.15, -0.1) is 0 Å². The Bertz CT molecular complexity index is 608. The summed E-state index contributed by atoms with van der Waals surface area (Å²) in [6.45, 7) is 0.584. The van der Waals surface area contributed by atoms with Gasteiger partial charge in [0.25, 0.3) is 5.91 Å². The molecule has 4 heteroatoms. The van der Waals surface area contributed by atoms with Crippen molar-refractivity contribution in [2.45, 2.75) is 6.54 Å². The van der Waals surface area contributed by atoms with Crippen LogP contribution in [0.2, 0.25) is 0 Å². The third-order valence-electron chi connectivity index (χ3n) is 3.18. The molecule has 0 bridgehead atoms. The van der Waals surface area contributed by atoms with Crippen LogP contribution in [0, 0.1) is 0 Å². The predicted molar refractivity (Wildman–Crippen MR) is 72.9 cm³/mol. The Balaban J connectivity index is 1.77. The van der Waals surface area contributed by atoms with E-state index < -0.39 is 0 Å². The lowest BCUT2D eigenvalue weighted by atomic mass is 10.1. The maximum Gasteiger partial charge on any atom is 0.272 e. The van der Waals surface area contributed by atoms with E-state index in [9.17, 15) is 4.79 Å². The van der Waals surface area contributed by atoms with Gasteiger partial charge in [0.05, 0.1) is 19.3 Å². The van der Waals surface area contributed by atoms with E-state index in [1.807, 2.05) is 48.5 Å². The van der Waals surface area contributed by atoms with Gasteiger partial charge in [-0.3, -0.25) is 10.2 Å². The summed E-state index contributed by atoms with van der Waals surface area (Å²) < 4.78 is 5.10. The zero-order valence-electron chi connectivity index (χ0n) is 10.6. The fourth-order valence-electron chi connectivity index (χ4n) is 2.17. The molecule has 0 aliphatic carbocycles. The van der Waals surface area contributed by atoms with Crippen LogP contribution >= 0.6 is 0 Å². The summed E-state index contributed by atoms with van der Waals surface area (Å²) in [6.07, 6.45) is 0. The standard InChI is InChI=1S/C15H14N2O2/c1-19-13-8-6-12(7-9-13)16-17-10-11-4-2-3-5-14(11)15(17)18/h2-9,16H,10H2,1H3. The van der Waals surface area contributed by atoms with Crippen LogP contribution < -0.4 is 10.2 Å². The Morgan fingerprint density at radius 2 is 1.84 bits per heavy atom. The Labute approximate surface area is 111 Å². The minimum atomic E-state index is 0.00594. The molecule has 0 spiro atoms. The van der Waals surface area contributed by atoms with Gasteiger partial charge < -0.3 is 4.74 Å². The molecule has 0 saturated heterocycles. The van der Waals surface area contributed by atoms with Crippen molar-refractivity contribution >= 4 is 11.6 Å². The summed E-state index contributed by atoms with van der Waals surface area (Å²) in [5.41, 5.74) is 5.80. The topological polar surface area (TPSA) is 41.6 Å². The fraction of sp³-hybridized carbons (Fsp3) is 0.133. The van der Waals surface area contributed by atoms with Crippen LogP contribution in [0.5, 0.6) is 5.75 Å². The summed E-state index contributed by atoms with van der Waals surface area (Å²) in [7, 11) is 1.63. The van der Waals surface area contributed by atoms with Crippen LogP contribution in [-0.4, -0.2) is 18.0 Å². The van der Waals surface area contributed by atoms with Crippen molar-refractivity contribution in [3.8, 4) is 5.75 Å². The molecule has 0 atom stereocenters. The highest BCUT2D eigenvalue weighted by atomic mass is 16.5. The summed E-state index contributed by atoms with van der Waals surface area (Å²) in [5, 5.41) is 1.62. The highest BCUT2D eigenvalue weighted by molar-refractivity contribution is 5.98. The molecule has 2 aromatic rings. The lowest BCUT2D eigenvalue weighted by Crippen LogP contribution is -2.29. The van der Waals surface area contributed by atoms with E-state index in [2.05, 4.69) is 5.43 Å². The van der Waals surface area contributed by atoms with E-state index in [1.165, 1.54) is 0 Å². The Morgan fingerprint density at radius 3 is 2.53 bits per heavy atom. The van der Waals surface area contributed by atoms with Crippen molar-refractivity contribution in [2.24, 2.45) is 0 Å². The van der Waals surface area contributed by atoms with E-state index in [-0.39, 0.29) is 5.91 Å². The molecule has 4 nitrogen and oxygen atoms in total. The summed E-state index contributed by atoms with van der Waals surface area (Å²) >= 11 is 0. The van der Waals surface area contributed by atoms with E-state index in [4.69, 9.17) is 4.74 Å². The quantitative estimate of drug-likeness (QED) is 0.915. The third-order valence-corrected chi connectivity index (χ3v) is 3.18. The highest BCUT2D eigenvalue weighted by Gasteiger charge is 2.26. The largest absolute Gasteiger partial charge is 0.497 e. The highest BCUT2D eigenvalue weighted by Crippen LogP contribution is 2.23. The number of methoxy groups -OCH3 is 1. The van der Waals surface area contributed by atoms with Crippen LogP contribution in [0.25, 0.3) is 0 Å². The van der Waals surface area contributed by atoms with Gasteiger partial charge in [0.15, 0.2) is 0 Å². The smallest absolute Gasteiger partial charge is 0.272 e. The SMILES string of the molecule is COc1ccc(NN2Cc3ccccc3C2=O)cc1. The first-order valence-electron chi connectivity index (χ1n) is 6.08. The molecule has 1 N–H and O–H groups in total. The minimum absolute atomic E-state index is 0.00594. The molecular weight excluding hydrogens is 240 g/mol. The Morgan fingerprint density at radius 1 is 1.11 bits per heavy atom. The zero-order chi connectivity index (χ0) is 13.2. The molecule has 1 aliphatic heterocycles. The van der Waals surface area contributed by atoms with Crippen LogP contribution in [0.4, 0.5) is 5.69 Å². The average Bonchev–Trinajstić information content (AvgIpc) is 2.77. The molecule has 0 radical (unpaired) electrons. The van der Waals surface area contributed by atoms with Crippen molar-refractivity contribution in [1.82, 2.24) is 5.01 Å². The van der Waals surface area contributed by atoms with Gasteiger partial charge in [-0.1, -0.05) is 18.2 Å². The molecule has 0 aromatic heterocycles. The monoisotopic (exact) mass is 254 g/mol. The van der Waals surface area contributed by atoms with Gasteiger partial charge in [0, 0.05) is 5.56 Å². The van der Waals surface area contributed by atoms with E-state index >= 15 is 0 Å². The number of hydrogen-bond donors (Lipinski definition) is 1. The first-order valence-corrected chi connectivity index (χ1v) is 6.08. The number of ether oxygens (including phenoxy) is 1. The Kier molecular flexibility index (Phi) is 2.83. The van der Waals surface area contributed by atoms with Gasteiger partial charge in [0.1, 0.15) is 5.75 Å². The second kappa shape index (κ2) is 4.65. The molecule has 0 fully saturated rings. The fourth-order valence-corrected chi connectivity index (χ4v) is 2.17. The number of nitrogens with zero attached hydrogens (tertiary/aromatic N) is 1. The number of hydrazine groups is 1. The van der Waals surface area contributed by atoms with E-state index in [0.29, 0.717) is 6.54 Å². The number of hydrogen-bond acceptors (Lipinski definition) is 3. The lowest BCUT2D eigenvalue weighted by molar-refractivity contribution is 0.0814. The molecule has 1 aliphatic rings. The second-order valence-electron chi connectivity index (χ2n) is 4.39. The van der Waals surface area contributed by atoms with Crippen molar-refractivity contribution in [3.63, 3.8) is 0 Å². The van der Waals surface area contributed by atoms with Crippen LogP contribution in [0.15, 0.2) is 48.5 Å². The number of amides is 1. The molecule has 96 valence electrons. The van der Waals surface area contributed by atoms with E-state index in [1.54, 1.807) is 12.1 Å². The van der Waals surface area contributed by atoms with Crippen molar-refractivity contribution in [3.05, 3.63) is 59.7 Å². The minimum Gasteiger partial charge on any atom is -0.497 e. The van der Waals surface area contributed by atoms with E-state index in [0.717, 1.165) is 22.6 Å². The first kappa shape index (κ1) is 11.6. The average molecular weight is 254 g/mol. The number of nitrogens with one attached hydrogen (secondary N) is 1. The molecule has 2 aromatic carbocycles. The molecule has 0 saturated carbocycles. The van der Waals surface area contributed by atoms with Crippen LogP contribution in [0.3, 0.4) is 0 Å². The molecule has 1 amide bonds. The number of anilines is 1. The van der Waals surface area contributed by atoms with Crippen molar-refractivity contribution < 1.29 is 9.53 Å². The van der Waals surface area contributed by atoms with Crippen molar-refractivity contribution in [2.75, 3.05) is 12.5 Å². The summed E-state index contributed by atoms with van der Waals surface area (Å²) in [4.78, 5) is 12.2. The van der Waals surface area contributed by atoms with Gasteiger partial charge >= 0.3 is 0 Å². The normalized spacial score (nSPS) is 13.3. The predicted octanol–water partition coefficient (Wildman–Crippen LogP) is 2.68. The Hall–Kier alpha value is -2.49. The van der Waals surface area contributed by atoms with Gasteiger partial charge in [0.2, 0.25) is 0 Å². The second-order valence-corrected chi connectivity index (χ2v) is 4.39. The van der Waals surface area contributed by atoms with Gasteiger partial charge in [-0.25, -0.2) is 5.01 Å². The van der Waals surface area contributed by atoms with Crippen molar-refractivity contribution in [1.29, 1.82) is 0 Å². The number of fused-ring (bicyclic) bond motifs is 1. The van der Waals surface area contributed by atoms with Gasteiger partial charge in [-0.2, -0.15) is 0 Å².